The molecule has 39 heavy (non-hydrogen) atoms. The van der Waals surface area contributed by atoms with Crippen molar-refractivity contribution in [1.82, 2.24) is 10.0 Å². The first-order valence-electron chi connectivity index (χ1n) is 10.5. The lowest BCUT2D eigenvalue weighted by Crippen LogP contribution is -2.48. The molecule has 0 radical (unpaired) electrons. The van der Waals surface area contributed by atoms with E-state index >= 15 is 0 Å². The zero-order valence-electron chi connectivity index (χ0n) is 19.8. The summed E-state index contributed by atoms with van der Waals surface area (Å²) in [4.78, 5) is 48.1. The van der Waals surface area contributed by atoms with Crippen molar-refractivity contribution in [3.05, 3.63) is 59.2 Å². The number of hydrogen-bond donors (Lipinski definition) is 6. The first kappa shape index (κ1) is 30.2. The second-order valence-electron chi connectivity index (χ2n) is 7.62. The predicted octanol–water partition coefficient (Wildman–Crippen LogP) is 0.876. The van der Waals surface area contributed by atoms with Crippen molar-refractivity contribution in [2.45, 2.75) is 24.3 Å². The molecule has 1 unspecified atom stereocenters. The van der Waals surface area contributed by atoms with Crippen LogP contribution in [0.3, 0.4) is 0 Å². The standard InChI is InChI=1S/C22H21F2N5O9S/c1-10(19(32)28-21(25)26)6-11-7-14(23)18(15(24)8-11)38-12-2-4-13(5-3-12)39(36,37)29-22(35)27-16(20(33)34)9-17(30)31/h2-8,16H,9H2,1H3,(H,30,31)(H,33,34)(H2,27,29,35)(H4,25,26,28,32)/b10-6+. The Balaban J connectivity index is 2.17. The molecule has 208 valence electrons. The highest BCUT2D eigenvalue weighted by atomic mass is 32.2. The molecule has 2 rings (SSSR count). The molecule has 0 fully saturated rings. The molecule has 0 saturated carbocycles. The lowest BCUT2D eigenvalue weighted by atomic mass is 10.1. The van der Waals surface area contributed by atoms with Crippen LogP contribution in [0.15, 0.2) is 51.9 Å². The van der Waals surface area contributed by atoms with Crippen molar-refractivity contribution < 1.29 is 51.3 Å². The number of urea groups is 1. The predicted molar refractivity (Wildman–Crippen MR) is 130 cm³/mol. The average Bonchev–Trinajstić information content (AvgIpc) is 2.80. The van der Waals surface area contributed by atoms with E-state index in [0.29, 0.717) is 0 Å². The van der Waals surface area contributed by atoms with Crippen molar-refractivity contribution in [3.8, 4) is 11.5 Å². The lowest BCUT2D eigenvalue weighted by molar-refractivity contribution is -0.145. The summed E-state index contributed by atoms with van der Waals surface area (Å²) in [5.41, 5.74) is 10.2. The van der Waals surface area contributed by atoms with Crippen molar-refractivity contribution in [2.24, 2.45) is 16.5 Å². The number of guanidine groups is 1. The number of carboxylic acids is 2. The van der Waals surface area contributed by atoms with Gasteiger partial charge in [0.15, 0.2) is 23.3 Å². The van der Waals surface area contributed by atoms with E-state index in [1.807, 2.05) is 0 Å². The number of nitrogens with zero attached hydrogens (tertiary/aromatic N) is 1. The van der Waals surface area contributed by atoms with Gasteiger partial charge in [0.1, 0.15) is 11.8 Å². The van der Waals surface area contributed by atoms with Crippen molar-refractivity contribution in [1.29, 1.82) is 0 Å². The van der Waals surface area contributed by atoms with E-state index in [1.165, 1.54) is 11.6 Å². The quantitative estimate of drug-likeness (QED) is 0.133. The van der Waals surface area contributed by atoms with Gasteiger partial charge in [-0.1, -0.05) is 0 Å². The normalized spacial score (nSPS) is 12.1. The number of sulfonamides is 1. The van der Waals surface area contributed by atoms with Gasteiger partial charge >= 0.3 is 18.0 Å². The summed E-state index contributed by atoms with van der Waals surface area (Å²) in [7, 11) is -4.56. The maximum absolute atomic E-state index is 14.5. The van der Waals surface area contributed by atoms with Gasteiger partial charge in [-0.3, -0.25) is 9.59 Å². The van der Waals surface area contributed by atoms with Crippen LogP contribution in [0.2, 0.25) is 0 Å². The topological polar surface area (TPSA) is 241 Å². The Labute approximate surface area is 219 Å². The summed E-state index contributed by atoms with van der Waals surface area (Å²) < 4.78 is 60.5. The maximum Gasteiger partial charge on any atom is 0.329 e. The van der Waals surface area contributed by atoms with E-state index < -0.39 is 74.6 Å². The molecule has 3 amide bonds. The van der Waals surface area contributed by atoms with Crippen LogP contribution in [-0.4, -0.2) is 54.5 Å². The molecule has 2 aromatic rings. The number of nitrogens with one attached hydrogen (secondary N) is 2. The summed E-state index contributed by atoms with van der Waals surface area (Å²) in [5.74, 6) is -7.93. The van der Waals surface area contributed by atoms with Crippen molar-refractivity contribution >= 4 is 45.9 Å². The molecule has 0 aromatic heterocycles. The van der Waals surface area contributed by atoms with Crippen molar-refractivity contribution in [3.63, 3.8) is 0 Å². The van der Waals surface area contributed by atoms with Gasteiger partial charge in [-0.25, -0.2) is 31.5 Å². The van der Waals surface area contributed by atoms with Gasteiger partial charge in [0.25, 0.3) is 15.9 Å². The minimum Gasteiger partial charge on any atom is -0.481 e. The van der Waals surface area contributed by atoms with Crippen LogP contribution in [0.1, 0.15) is 18.9 Å². The molecule has 0 saturated heterocycles. The molecule has 17 heteroatoms. The highest BCUT2D eigenvalue weighted by Crippen LogP contribution is 2.30. The van der Waals surface area contributed by atoms with Crippen LogP contribution in [0.25, 0.3) is 6.08 Å². The monoisotopic (exact) mass is 569 g/mol. The van der Waals surface area contributed by atoms with E-state index in [0.717, 1.165) is 42.5 Å². The minimum absolute atomic E-state index is 0.0182. The van der Waals surface area contributed by atoms with Crippen LogP contribution in [0, 0.1) is 11.6 Å². The number of rotatable bonds is 10. The third-order valence-corrected chi connectivity index (χ3v) is 5.88. The third kappa shape index (κ3) is 8.78. The lowest BCUT2D eigenvalue weighted by Gasteiger charge is -2.14. The molecule has 0 aliphatic rings. The largest absolute Gasteiger partial charge is 0.481 e. The van der Waals surface area contributed by atoms with Crippen LogP contribution < -0.4 is 26.2 Å². The summed E-state index contributed by atoms with van der Waals surface area (Å²) in [5, 5.41) is 19.3. The molecule has 0 spiro atoms. The molecule has 0 aliphatic heterocycles. The first-order valence-corrected chi connectivity index (χ1v) is 11.9. The molecule has 0 heterocycles. The highest BCUT2D eigenvalue weighted by Gasteiger charge is 2.26. The van der Waals surface area contributed by atoms with E-state index in [1.54, 1.807) is 5.32 Å². The summed E-state index contributed by atoms with van der Waals surface area (Å²) in [6.07, 6.45) is 0.128. The number of ether oxygens (including phenoxy) is 1. The smallest absolute Gasteiger partial charge is 0.329 e. The number of aliphatic imine (C=N–C) groups is 1. The summed E-state index contributed by atoms with van der Waals surface area (Å²) in [6, 6.07) is 2.19. The molecule has 1 atom stereocenters. The van der Waals surface area contributed by atoms with Crippen LogP contribution in [-0.2, 0) is 24.4 Å². The fourth-order valence-electron chi connectivity index (χ4n) is 2.83. The number of benzene rings is 2. The third-order valence-electron chi connectivity index (χ3n) is 4.53. The Bertz CT molecular complexity index is 1450. The zero-order valence-corrected chi connectivity index (χ0v) is 20.7. The number of aliphatic carboxylic acids is 2. The van der Waals surface area contributed by atoms with Gasteiger partial charge in [0.05, 0.1) is 11.3 Å². The molecule has 8 N–H and O–H groups in total. The Kier molecular flexibility index (Phi) is 9.63. The summed E-state index contributed by atoms with van der Waals surface area (Å²) in [6.45, 7) is 1.32. The van der Waals surface area contributed by atoms with Crippen LogP contribution in [0.4, 0.5) is 13.6 Å². The Morgan fingerprint density at radius 1 is 1.08 bits per heavy atom. The molecule has 0 aliphatic carbocycles. The number of carboxylic acid groups (broad SMARTS) is 2. The second kappa shape index (κ2) is 12.5. The Hall–Kier alpha value is -5.06. The zero-order chi connectivity index (χ0) is 29.5. The van der Waals surface area contributed by atoms with Gasteiger partial charge in [0.2, 0.25) is 0 Å². The van der Waals surface area contributed by atoms with Gasteiger partial charge in [-0.15, -0.1) is 0 Å². The van der Waals surface area contributed by atoms with Crippen LogP contribution >= 0.6 is 0 Å². The number of hydrogen-bond acceptors (Lipinski definition) is 7. The molecule has 0 bridgehead atoms. The number of amides is 3. The maximum atomic E-state index is 14.5. The summed E-state index contributed by atoms with van der Waals surface area (Å²) >= 11 is 0. The molecule has 2 aromatic carbocycles. The molecular formula is C22H21F2N5O9S. The molecular weight excluding hydrogens is 548 g/mol. The van der Waals surface area contributed by atoms with E-state index in [9.17, 15) is 36.4 Å². The SMILES string of the molecule is C/C(=C\c1cc(F)c(Oc2ccc(S(=O)(=O)NC(=O)NC(CC(=O)O)C(=O)O)cc2)c(F)c1)C(=O)N=C(N)N. The number of carbonyl (C=O) groups excluding carboxylic acids is 2. The van der Waals surface area contributed by atoms with Gasteiger partial charge < -0.3 is 31.7 Å². The van der Waals surface area contributed by atoms with Gasteiger partial charge in [-0.2, -0.15) is 4.99 Å². The second-order valence-corrected chi connectivity index (χ2v) is 9.31. The fraction of sp³-hybridized carbons (Fsp3) is 0.136. The van der Waals surface area contributed by atoms with E-state index in [2.05, 4.69) is 4.99 Å². The highest BCUT2D eigenvalue weighted by molar-refractivity contribution is 7.90. The average molecular weight is 569 g/mol. The number of carbonyl (C=O) groups is 4. The molecule has 14 nitrogen and oxygen atoms in total. The number of nitrogens with two attached hydrogens (primary N) is 2. The van der Waals surface area contributed by atoms with Gasteiger partial charge in [-0.05, 0) is 55.0 Å². The first-order chi connectivity index (χ1) is 18.1. The fourth-order valence-corrected chi connectivity index (χ4v) is 3.74. The van der Waals surface area contributed by atoms with E-state index in [4.69, 9.17) is 26.4 Å². The Morgan fingerprint density at radius 2 is 1.64 bits per heavy atom. The van der Waals surface area contributed by atoms with Crippen molar-refractivity contribution in [2.75, 3.05) is 0 Å². The van der Waals surface area contributed by atoms with Gasteiger partial charge in [0, 0.05) is 5.57 Å². The minimum atomic E-state index is -4.56. The van der Waals surface area contributed by atoms with E-state index in [-0.39, 0.29) is 16.9 Å². The van der Waals surface area contributed by atoms with Crippen LogP contribution in [0.5, 0.6) is 11.5 Å². The number of halogens is 2. The Morgan fingerprint density at radius 3 is 2.13 bits per heavy atom.